The van der Waals surface area contributed by atoms with E-state index >= 15 is 0 Å². The summed E-state index contributed by atoms with van der Waals surface area (Å²) in [5.41, 5.74) is 3.50. The van der Waals surface area contributed by atoms with Gasteiger partial charge in [0.25, 0.3) is 5.56 Å². The van der Waals surface area contributed by atoms with Crippen LogP contribution in [0.5, 0.6) is 0 Å². The van der Waals surface area contributed by atoms with Crippen LogP contribution < -0.4 is 10.9 Å². The minimum Gasteiger partial charge on any atom is -0.343 e. The standard InChI is InChI=1S/C26H23BrClN3O2S/c1-26(2)11-18-21(19(32)12-26)20(14-7-9-16(27)10-8-14)22-23(29-18)30-25(31-24(22)33)34-13-15-5-3-4-6-17(15)28/h3-10,20H,11-13H2,1-2H3,(H2,29,30,31,33)/t20-/m1/s1. The van der Waals surface area contributed by atoms with Gasteiger partial charge in [-0.1, -0.05) is 83.5 Å². The fourth-order valence-electron chi connectivity index (χ4n) is 4.71. The van der Waals surface area contributed by atoms with Crippen LogP contribution in [0, 0.1) is 5.41 Å². The molecule has 0 radical (unpaired) electrons. The maximum absolute atomic E-state index is 13.4. The summed E-state index contributed by atoms with van der Waals surface area (Å²) in [7, 11) is 0. The third kappa shape index (κ3) is 4.49. The van der Waals surface area contributed by atoms with Crippen LogP contribution in [-0.4, -0.2) is 15.8 Å². The Hall–Kier alpha value is -2.35. The third-order valence-electron chi connectivity index (χ3n) is 6.23. The number of carbonyl (C=O) groups is 1. The number of H-pyrrole nitrogens is 1. The third-order valence-corrected chi connectivity index (χ3v) is 8.05. The Labute approximate surface area is 215 Å². The highest BCUT2D eigenvalue weighted by molar-refractivity contribution is 9.10. The lowest BCUT2D eigenvalue weighted by atomic mass is 9.69. The average molecular weight is 557 g/mol. The molecule has 1 atom stereocenters. The second-order valence-electron chi connectivity index (χ2n) is 9.46. The lowest BCUT2D eigenvalue weighted by molar-refractivity contribution is -0.118. The van der Waals surface area contributed by atoms with Crippen molar-refractivity contribution in [2.45, 2.75) is 43.5 Å². The number of nitrogens with zero attached hydrogens (tertiary/aromatic N) is 1. The summed E-state index contributed by atoms with van der Waals surface area (Å²) >= 11 is 11.2. The number of hydrogen-bond acceptors (Lipinski definition) is 5. The number of rotatable bonds is 4. The van der Waals surface area contributed by atoms with Gasteiger partial charge < -0.3 is 10.3 Å². The molecule has 2 heterocycles. The highest BCUT2D eigenvalue weighted by Crippen LogP contribution is 2.47. The van der Waals surface area contributed by atoms with Gasteiger partial charge in [0.2, 0.25) is 0 Å². The van der Waals surface area contributed by atoms with Crippen molar-refractivity contribution in [3.63, 3.8) is 0 Å². The number of aromatic nitrogens is 2. The number of halogens is 2. The molecule has 2 N–H and O–H groups in total. The summed E-state index contributed by atoms with van der Waals surface area (Å²) in [4.78, 5) is 34.4. The largest absolute Gasteiger partial charge is 0.343 e. The van der Waals surface area contributed by atoms with Gasteiger partial charge in [-0.2, -0.15) is 0 Å². The molecule has 3 aromatic rings. The van der Waals surface area contributed by atoms with E-state index in [-0.39, 0.29) is 16.8 Å². The van der Waals surface area contributed by atoms with E-state index in [1.54, 1.807) is 0 Å². The van der Waals surface area contributed by atoms with Gasteiger partial charge in [0.1, 0.15) is 5.82 Å². The van der Waals surface area contributed by atoms with Crippen molar-refractivity contribution in [2.75, 3.05) is 5.32 Å². The molecule has 0 unspecified atom stereocenters. The summed E-state index contributed by atoms with van der Waals surface area (Å²) in [5, 5.41) is 4.56. The van der Waals surface area contributed by atoms with Crippen molar-refractivity contribution in [1.82, 2.24) is 9.97 Å². The van der Waals surface area contributed by atoms with Gasteiger partial charge in [-0.25, -0.2) is 4.98 Å². The van der Waals surface area contributed by atoms with Crippen LogP contribution >= 0.6 is 39.3 Å². The van der Waals surface area contributed by atoms with Crippen LogP contribution in [-0.2, 0) is 10.5 Å². The highest BCUT2D eigenvalue weighted by Gasteiger charge is 2.42. The zero-order chi connectivity index (χ0) is 24.0. The summed E-state index contributed by atoms with van der Waals surface area (Å²) in [6, 6.07) is 15.4. The molecule has 1 aliphatic heterocycles. The second kappa shape index (κ2) is 9.02. The maximum atomic E-state index is 13.4. The number of nitrogens with one attached hydrogen (secondary N) is 2. The Kier molecular flexibility index (Phi) is 6.21. The Morgan fingerprint density at radius 2 is 1.85 bits per heavy atom. The zero-order valence-electron chi connectivity index (χ0n) is 18.7. The maximum Gasteiger partial charge on any atom is 0.257 e. The Morgan fingerprint density at radius 1 is 1.12 bits per heavy atom. The molecule has 0 spiro atoms. The highest BCUT2D eigenvalue weighted by atomic mass is 79.9. The van der Waals surface area contributed by atoms with Gasteiger partial charge in [0, 0.05) is 38.9 Å². The Bertz CT molecular complexity index is 1380. The number of fused-ring (bicyclic) bond motifs is 1. The Morgan fingerprint density at radius 3 is 2.59 bits per heavy atom. The van der Waals surface area contributed by atoms with Crippen LogP contribution in [0.4, 0.5) is 5.82 Å². The predicted molar refractivity (Wildman–Crippen MR) is 141 cm³/mol. The van der Waals surface area contributed by atoms with Crippen molar-refractivity contribution in [1.29, 1.82) is 0 Å². The van der Waals surface area contributed by atoms with E-state index in [0.29, 0.717) is 39.3 Å². The van der Waals surface area contributed by atoms with Crippen molar-refractivity contribution in [3.05, 3.63) is 96.3 Å². The first-order chi connectivity index (χ1) is 16.2. The van der Waals surface area contributed by atoms with Gasteiger partial charge in [-0.05, 0) is 41.2 Å². The number of carbonyl (C=O) groups excluding carboxylic acids is 1. The lowest BCUT2D eigenvalue weighted by Crippen LogP contribution is -2.37. The molecular weight excluding hydrogens is 534 g/mol. The molecule has 1 aliphatic carbocycles. The lowest BCUT2D eigenvalue weighted by Gasteiger charge is -2.38. The Balaban J connectivity index is 1.59. The van der Waals surface area contributed by atoms with Gasteiger partial charge in [-0.15, -0.1) is 0 Å². The van der Waals surface area contributed by atoms with Crippen LogP contribution in [0.25, 0.3) is 0 Å². The SMILES string of the molecule is CC1(C)CC(=O)C2=C(C1)Nc1nc(SCc3ccccc3Cl)[nH]c(=O)c1[C@@H]2c1ccc(Br)cc1. The molecule has 1 aromatic heterocycles. The second-order valence-corrected chi connectivity index (χ2v) is 11.7. The topological polar surface area (TPSA) is 74.8 Å². The number of ketones is 1. The number of Topliss-reactive ketones (excluding diaryl/α,β-unsaturated/α-hetero) is 1. The molecule has 174 valence electrons. The fourth-order valence-corrected chi connectivity index (χ4v) is 6.12. The van der Waals surface area contributed by atoms with Crippen LogP contribution in [0.2, 0.25) is 5.02 Å². The van der Waals surface area contributed by atoms with E-state index in [4.69, 9.17) is 16.6 Å². The molecule has 8 heteroatoms. The molecule has 0 amide bonds. The molecule has 0 bridgehead atoms. The summed E-state index contributed by atoms with van der Waals surface area (Å²) in [5.74, 6) is 0.718. The van der Waals surface area contributed by atoms with Crippen LogP contribution in [0.15, 0.2) is 74.2 Å². The van der Waals surface area contributed by atoms with E-state index in [2.05, 4.69) is 40.1 Å². The number of anilines is 1. The molecule has 0 saturated heterocycles. The number of hydrogen-bond donors (Lipinski definition) is 2. The smallest absolute Gasteiger partial charge is 0.257 e. The first-order valence-corrected chi connectivity index (χ1v) is 13.2. The molecule has 5 nitrogen and oxygen atoms in total. The van der Waals surface area contributed by atoms with Gasteiger partial charge in [0.05, 0.1) is 5.56 Å². The van der Waals surface area contributed by atoms with Crippen molar-refractivity contribution >= 4 is 50.9 Å². The van der Waals surface area contributed by atoms with E-state index in [0.717, 1.165) is 27.7 Å². The molecule has 0 fully saturated rings. The summed E-state index contributed by atoms with van der Waals surface area (Å²) < 4.78 is 0.939. The summed E-state index contributed by atoms with van der Waals surface area (Å²) in [6.45, 7) is 4.19. The molecular formula is C26H23BrClN3O2S. The van der Waals surface area contributed by atoms with Gasteiger partial charge in [-0.3, -0.25) is 9.59 Å². The monoisotopic (exact) mass is 555 g/mol. The number of thioether (sulfide) groups is 1. The summed E-state index contributed by atoms with van der Waals surface area (Å²) in [6.07, 6.45) is 1.17. The normalized spacial score (nSPS) is 18.8. The molecule has 5 rings (SSSR count). The van der Waals surface area contributed by atoms with Crippen molar-refractivity contribution in [2.24, 2.45) is 5.41 Å². The van der Waals surface area contributed by atoms with E-state index in [1.807, 2.05) is 48.5 Å². The van der Waals surface area contributed by atoms with E-state index in [1.165, 1.54) is 11.8 Å². The van der Waals surface area contributed by atoms with Crippen LogP contribution in [0.1, 0.15) is 49.3 Å². The number of benzene rings is 2. The quantitative estimate of drug-likeness (QED) is 0.277. The molecule has 2 aromatic carbocycles. The van der Waals surface area contributed by atoms with Crippen LogP contribution in [0.3, 0.4) is 0 Å². The van der Waals surface area contributed by atoms with Gasteiger partial charge >= 0.3 is 0 Å². The van der Waals surface area contributed by atoms with Crippen molar-refractivity contribution in [3.8, 4) is 0 Å². The molecule has 0 saturated carbocycles. The van der Waals surface area contributed by atoms with Gasteiger partial charge in [0.15, 0.2) is 10.9 Å². The average Bonchev–Trinajstić information content (AvgIpc) is 2.77. The zero-order valence-corrected chi connectivity index (χ0v) is 21.9. The molecule has 34 heavy (non-hydrogen) atoms. The first-order valence-electron chi connectivity index (χ1n) is 11.0. The number of aromatic amines is 1. The first kappa shape index (κ1) is 23.4. The minimum atomic E-state index is -0.457. The molecule has 2 aliphatic rings. The van der Waals surface area contributed by atoms with E-state index in [9.17, 15) is 9.59 Å². The minimum absolute atomic E-state index is 0.0777. The predicted octanol–water partition coefficient (Wildman–Crippen LogP) is 6.68. The fraction of sp³-hybridized carbons (Fsp3) is 0.269. The van der Waals surface area contributed by atoms with Crippen molar-refractivity contribution < 1.29 is 4.79 Å². The number of allylic oxidation sites excluding steroid dienone is 2. The van der Waals surface area contributed by atoms with E-state index < -0.39 is 5.92 Å².